The highest BCUT2D eigenvalue weighted by Gasteiger charge is 1.88. The molecule has 0 bridgehead atoms. The van der Waals surface area contributed by atoms with E-state index in [-0.39, 0.29) is 0 Å². The third kappa shape index (κ3) is 6.41. The van der Waals surface area contributed by atoms with Crippen LogP contribution in [0.5, 0.6) is 0 Å². The number of hydrogen-bond donors (Lipinski definition) is 1. The summed E-state index contributed by atoms with van der Waals surface area (Å²) < 4.78 is 0. The fourth-order valence-corrected chi connectivity index (χ4v) is 1.69. The van der Waals surface area contributed by atoms with E-state index in [1.165, 1.54) is 31.2 Å². The highest BCUT2D eigenvalue weighted by molar-refractivity contribution is 5.48. The number of rotatable bonds is 8. The van der Waals surface area contributed by atoms with Gasteiger partial charge in [-0.1, -0.05) is 61.7 Å². The van der Waals surface area contributed by atoms with Crippen molar-refractivity contribution in [1.82, 2.24) is 0 Å². The summed E-state index contributed by atoms with van der Waals surface area (Å²) in [5.74, 6) is 0. The van der Waals surface area contributed by atoms with E-state index >= 15 is 0 Å². The average Bonchev–Trinajstić information content (AvgIpc) is 2.34. The lowest BCUT2D eigenvalue weighted by Crippen LogP contribution is -1.83. The van der Waals surface area contributed by atoms with E-state index < -0.39 is 0 Å². The zero-order valence-electron chi connectivity index (χ0n) is 9.94. The van der Waals surface area contributed by atoms with E-state index in [0.29, 0.717) is 6.61 Å². The first-order valence-corrected chi connectivity index (χ1v) is 6.26. The minimum Gasteiger partial charge on any atom is -0.396 e. The molecule has 0 heterocycles. The lowest BCUT2D eigenvalue weighted by molar-refractivity contribution is 0.282. The first kappa shape index (κ1) is 13.0. The van der Waals surface area contributed by atoms with Crippen molar-refractivity contribution in [3.8, 4) is 0 Å². The number of allylic oxidation sites excluding steroid dienone is 1. The Morgan fingerprint density at radius 2 is 1.56 bits per heavy atom. The molecule has 0 aliphatic carbocycles. The first-order chi connectivity index (χ1) is 7.93. The summed E-state index contributed by atoms with van der Waals surface area (Å²) in [4.78, 5) is 0. The molecule has 88 valence electrons. The molecular weight excluding hydrogens is 196 g/mol. The topological polar surface area (TPSA) is 20.2 Å². The Hall–Kier alpha value is -1.08. The lowest BCUT2D eigenvalue weighted by Gasteiger charge is -1.97. The predicted octanol–water partition coefficient (Wildman–Crippen LogP) is 4.03. The maximum atomic E-state index is 8.62. The summed E-state index contributed by atoms with van der Waals surface area (Å²) >= 11 is 0. The van der Waals surface area contributed by atoms with Gasteiger partial charge in [-0.3, -0.25) is 0 Å². The molecule has 0 amide bonds. The van der Waals surface area contributed by atoms with Crippen LogP contribution >= 0.6 is 0 Å². The number of aliphatic hydroxyl groups excluding tert-OH is 1. The van der Waals surface area contributed by atoms with E-state index in [1.807, 2.05) is 6.07 Å². The number of aliphatic hydroxyl groups is 1. The molecular formula is C15H22O. The fraction of sp³-hybridized carbons (Fsp3) is 0.467. The van der Waals surface area contributed by atoms with Crippen LogP contribution in [0.1, 0.15) is 44.1 Å². The summed E-state index contributed by atoms with van der Waals surface area (Å²) in [6.07, 6.45) is 11.5. The molecule has 0 unspecified atom stereocenters. The molecule has 1 heteroatoms. The van der Waals surface area contributed by atoms with Gasteiger partial charge in [0, 0.05) is 6.61 Å². The molecule has 0 saturated heterocycles. The molecule has 16 heavy (non-hydrogen) atoms. The van der Waals surface area contributed by atoms with Crippen LogP contribution in [0.15, 0.2) is 36.4 Å². The lowest BCUT2D eigenvalue weighted by atomic mass is 10.1. The highest BCUT2D eigenvalue weighted by Crippen LogP contribution is 2.07. The number of hydrogen-bond acceptors (Lipinski definition) is 1. The van der Waals surface area contributed by atoms with Crippen molar-refractivity contribution in [3.05, 3.63) is 42.0 Å². The predicted molar refractivity (Wildman–Crippen MR) is 70.3 cm³/mol. The molecule has 1 aromatic carbocycles. The van der Waals surface area contributed by atoms with E-state index in [9.17, 15) is 0 Å². The number of benzene rings is 1. The normalized spacial score (nSPS) is 11.1. The van der Waals surface area contributed by atoms with Crippen LogP contribution < -0.4 is 0 Å². The van der Waals surface area contributed by atoms with Crippen molar-refractivity contribution >= 4 is 6.08 Å². The molecule has 0 aliphatic rings. The monoisotopic (exact) mass is 218 g/mol. The first-order valence-electron chi connectivity index (χ1n) is 6.26. The second-order valence-electron chi connectivity index (χ2n) is 4.09. The van der Waals surface area contributed by atoms with Gasteiger partial charge in [0.05, 0.1) is 0 Å². The molecule has 0 aromatic heterocycles. The summed E-state index contributed by atoms with van der Waals surface area (Å²) in [5.41, 5.74) is 1.28. The quantitative estimate of drug-likeness (QED) is 0.653. The van der Waals surface area contributed by atoms with Crippen molar-refractivity contribution < 1.29 is 5.11 Å². The van der Waals surface area contributed by atoms with Crippen LogP contribution in [0.2, 0.25) is 0 Å². The van der Waals surface area contributed by atoms with Crippen molar-refractivity contribution in [2.75, 3.05) is 6.61 Å². The number of unbranched alkanes of at least 4 members (excludes halogenated alkanes) is 5. The second-order valence-corrected chi connectivity index (χ2v) is 4.09. The molecule has 0 fully saturated rings. The van der Waals surface area contributed by atoms with E-state index in [1.54, 1.807) is 0 Å². The average molecular weight is 218 g/mol. The van der Waals surface area contributed by atoms with E-state index in [4.69, 9.17) is 5.11 Å². The fourth-order valence-electron chi connectivity index (χ4n) is 1.69. The minimum atomic E-state index is 0.341. The molecule has 0 radical (unpaired) electrons. The second kappa shape index (κ2) is 9.17. The van der Waals surface area contributed by atoms with Gasteiger partial charge in [0.1, 0.15) is 0 Å². The minimum absolute atomic E-state index is 0.341. The third-order valence-electron chi connectivity index (χ3n) is 2.64. The smallest absolute Gasteiger partial charge is 0.0431 e. The Labute approximate surface area is 98.8 Å². The Balaban J connectivity index is 2.01. The van der Waals surface area contributed by atoms with Gasteiger partial charge in [0.15, 0.2) is 0 Å². The molecule has 1 rings (SSSR count). The van der Waals surface area contributed by atoms with Crippen LogP contribution in [0.3, 0.4) is 0 Å². The van der Waals surface area contributed by atoms with Gasteiger partial charge in [-0.15, -0.1) is 0 Å². The summed E-state index contributed by atoms with van der Waals surface area (Å²) in [7, 11) is 0. The van der Waals surface area contributed by atoms with Crippen LogP contribution in [-0.2, 0) is 0 Å². The maximum Gasteiger partial charge on any atom is 0.0431 e. The Bertz CT molecular complexity index is 277. The van der Waals surface area contributed by atoms with Crippen molar-refractivity contribution in [2.45, 2.75) is 38.5 Å². The van der Waals surface area contributed by atoms with Gasteiger partial charge >= 0.3 is 0 Å². The van der Waals surface area contributed by atoms with Crippen LogP contribution in [0.4, 0.5) is 0 Å². The van der Waals surface area contributed by atoms with Crippen molar-refractivity contribution in [3.63, 3.8) is 0 Å². The van der Waals surface area contributed by atoms with Gasteiger partial charge in [-0.05, 0) is 24.8 Å². The van der Waals surface area contributed by atoms with E-state index in [2.05, 4.69) is 36.4 Å². The van der Waals surface area contributed by atoms with Crippen molar-refractivity contribution in [2.24, 2.45) is 0 Å². The van der Waals surface area contributed by atoms with Gasteiger partial charge in [-0.25, -0.2) is 0 Å². The standard InChI is InChI=1S/C15H22O/c16-14-10-5-3-1-2-4-7-11-15-12-8-6-9-13-15/h6-9,11-13,16H,1-5,10,14H2. The molecule has 1 N–H and O–H groups in total. The zero-order chi connectivity index (χ0) is 11.5. The molecule has 0 aliphatic heterocycles. The van der Waals surface area contributed by atoms with Gasteiger partial charge in [-0.2, -0.15) is 0 Å². The molecule has 0 spiro atoms. The van der Waals surface area contributed by atoms with Crippen molar-refractivity contribution in [1.29, 1.82) is 0 Å². The molecule has 0 saturated carbocycles. The highest BCUT2D eigenvalue weighted by atomic mass is 16.2. The SMILES string of the molecule is OCCCCCCCC=Cc1ccccc1. The van der Waals surface area contributed by atoms with Crippen LogP contribution in [-0.4, -0.2) is 11.7 Å². The van der Waals surface area contributed by atoms with Gasteiger partial charge in [0.2, 0.25) is 0 Å². The van der Waals surface area contributed by atoms with E-state index in [0.717, 1.165) is 12.8 Å². The van der Waals surface area contributed by atoms with Crippen LogP contribution in [0.25, 0.3) is 6.08 Å². The van der Waals surface area contributed by atoms with Crippen LogP contribution in [0, 0.1) is 0 Å². The largest absolute Gasteiger partial charge is 0.396 e. The summed E-state index contributed by atoms with van der Waals surface area (Å²) in [5, 5.41) is 8.62. The Kier molecular flexibility index (Phi) is 7.44. The maximum absolute atomic E-state index is 8.62. The summed E-state index contributed by atoms with van der Waals surface area (Å²) in [6, 6.07) is 10.4. The molecule has 1 nitrogen and oxygen atoms in total. The molecule has 1 aromatic rings. The zero-order valence-corrected chi connectivity index (χ0v) is 9.94. The summed E-state index contributed by atoms with van der Waals surface area (Å²) in [6.45, 7) is 0.341. The Morgan fingerprint density at radius 1 is 0.875 bits per heavy atom. The molecule has 0 atom stereocenters. The third-order valence-corrected chi connectivity index (χ3v) is 2.64. The Morgan fingerprint density at radius 3 is 2.31 bits per heavy atom. The van der Waals surface area contributed by atoms with Gasteiger partial charge < -0.3 is 5.11 Å². The van der Waals surface area contributed by atoms with Gasteiger partial charge in [0.25, 0.3) is 0 Å².